The van der Waals surface area contributed by atoms with Gasteiger partial charge < -0.3 is 0 Å². The van der Waals surface area contributed by atoms with Gasteiger partial charge in [0, 0.05) is 10.1 Å². The van der Waals surface area contributed by atoms with Gasteiger partial charge in [-0.15, -0.1) is 11.8 Å². The van der Waals surface area contributed by atoms with Gasteiger partial charge in [0.15, 0.2) is 0 Å². The second-order valence-electron chi connectivity index (χ2n) is 4.99. The monoisotopic (exact) mass is 294 g/mol. The zero-order chi connectivity index (χ0) is 13.7. The van der Waals surface area contributed by atoms with Crippen LogP contribution in [-0.4, -0.2) is 17.3 Å². The highest BCUT2D eigenvalue weighted by Crippen LogP contribution is 2.40. The summed E-state index contributed by atoms with van der Waals surface area (Å²) in [5, 5.41) is 14.1. The molecule has 2 rings (SSSR count). The number of nitrogens with one attached hydrogen (secondary N) is 1. The first-order valence-corrected chi connectivity index (χ1v) is 8.02. The second kappa shape index (κ2) is 6.65. The van der Waals surface area contributed by atoms with E-state index >= 15 is 0 Å². The molecular weight excluding hydrogens is 276 g/mol. The van der Waals surface area contributed by atoms with Crippen LogP contribution in [-0.2, 0) is 0 Å². The molecule has 4 heteroatoms. The van der Waals surface area contributed by atoms with Gasteiger partial charge in [-0.25, -0.2) is 0 Å². The van der Waals surface area contributed by atoms with Gasteiger partial charge >= 0.3 is 0 Å². The van der Waals surface area contributed by atoms with Crippen LogP contribution < -0.4 is 5.32 Å². The van der Waals surface area contributed by atoms with E-state index in [-0.39, 0.29) is 5.54 Å². The van der Waals surface area contributed by atoms with Crippen molar-refractivity contribution in [3.05, 3.63) is 29.3 Å². The maximum absolute atomic E-state index is 9.46. The van der Waals surface area contributed by atoms with Crippen molar-refractivity contribution in [3.63, 3.8) is 0 Å². The molecule has 1 fully saturated rings. The summed E-state index contributed by atoms with van der Waals surface area (Å²) in [5.74, 6) is 0. The average Bonchev–Trinajstić information content (AvgIpc) is 2.42. The fourth-order valence-electron chi connectivity index (χ4n) is 2.68. The molecule has 0 amide bonds. The van der Waals surface area contributed by atoms with E-state index in [9.17, 15) is 5.26 Å². The van der Waals surface area contributed by atoms with Crippen molar-refractivity contribution < 1.29 is 0 Å². The lowest BCUT2D eigenvalue weighted by Crippen LogP contribution is -2.48. The first-order chi connectivity index (χ1) is 9.19. The molecule has 2 unspecified atom stereocenters. The van der Waals surface area contributed by atoms with Crippen molar-refractivity contribution in [2.24, 2.45) is 0 Å². The summed E-state index contributed by atoms with van der Waals surface area (Å²) in [6.45, 7) is 2.90. The predicted octanol–water partition coefficient (Wildman–Crippen LogP) is 4.25. The van der Waals surface area contributed by atoms with E-state index in [0.29, 0.717) is 5.25 Å². The lowest BCUT2D eigenvalue weighted by atomic mass is 9.82. The fraction of sp³-hybridized carbons (Fsp3) is 0.533. The highest BCUT2D eigenvalue weighted by molar-refractivity contribution is 8.00. The molecule has 19 heavy (non-hydrogen) atoms. The maximum Gasteiger partial charge on any atom is 0.107 e. The number of thioether (sulfide) groups is 1. The summed E-state index contributed by atoms with van der Waals surface area (Å²) in [7, 11) is 0. The van der Waals surface area contributed by atoms with Crippen molar-refractivity contribution in [2.75, 3.05) is 6.54 Å². The average molecular weight is 295 g/mol. The van der Waals surface area contributed by atoms with Gasteiger partial charge in [-0.05, 0) is 44.4 Å². The van der Waals surface area contributed by atoms with Crippen molar-refractivity contribution in [1.29, 1.82) is 5.26 Å². The normalized spacial score (nSPS) is 26.9. The van der Waals surface area contributed by atoms with Crippen LogP contribution in [0.5, 0.6) is 0 Å². The third kappa shape index (κ3) is 3.66. The molecule has 2 nitrogen and oxygen atoms in total. The number of nitrogens with zero attached hydrogens (tertiary/aromatic N) is 1. The SMILES string of the molecule is CCNC1(C#N)CCCC(Sc2ccccc2Cl)C1. The molecule has 2 atom stereocenters. The number of benzene rings is 1. The molecule has 0 aromatic heterocycles. The summed E-state index contributed by atoms with van der Waals surface area (Å²) >= 11 is 8.02. The predicted molar refractivity (Wildman–Crippen MR) is 81.6 cm³/mol. The Kier molecular flexibility index (Phi) is 5.15. The Morgan fingerprint density at radius 1 is 1.53 bits per heavy atom. The zero-order valence-corrected chi connectivity index (χ0v) is 12.7. The molecule has 1 N–H and O–H groups in total. The highest BCUT2D eigenvalue weighted by atomic mass is 35.5. The minimum Gasteiger partial charge on any atom is -0.300 e. The molecule has 102 valence electrons. The van der Waals surface area contributed by atoms with E-state index in [1.807, 2.05) is 30.0 Å². The largest absolute Gasteiger partial charge is 0.300 e. The Morgan fingerprint density at radius 2 is 2.32 bits per heavy atom. The van der Waals surface area contributed by atoms with Gasteiger partial charge in [0.2, 0.25) is 0 Å². The van der Waals surface area contributed by atoms with E-state index in [4.69, 9.17) is 11.6 Å². The first-order valence-electron chi connectivity index (χ1n) is 6.76. The Hall–Kier alpha value is -0.690. The highest BCUT2D eigenvalue weighted by Gasteiger charge is 2.36. The number of halogens is 1. The number of nitriles is 1. The van der Waals surface area contributed by atoms with Crippen molar-refractivity contribution in [3.8, 4) is 6.07 Å². The first kappa shape index (κ1) is 14.7. The lowest BCUT2D eigenvalue weighted by Gasteiger charge is -2.36. The van der Waals surface area contributed by atoms with Crippen LogP contribution in [0.1, 0.15) is 32.6 Å². The molecule has 0 spiro atoms. The maximum atomic E-state index is 9.46. The quantitative estimate of drug-likeness (QED) is 0.902. The molecule has 1 aliphatic rings. The van der Waals surface area contributed by atoms with Gasteiger partial charge in [-0.3, -0.25) is 5.32 Å². The Morgan fingerprint density at radius 3 is 3.00 bits per heavy atom. The molecule has 0 aliphatic heterocycles. The zero-order valence-electron chi connectivity index (χ0n) is 11.2. The van der Waals surface area contributed by atoms with Crippen LogP contribution in [0, 0.1) is 11.3 Å². The standard InChI is InChI=1S/C15H19ClN2S/c1-2-18-15(11-17)9-5-6-12(10-15)19-14-8-4-3-7-13(14)16/h3-4,7-8,12,18H,2,5-6,9-10H2,1H3. The Labute approximate surface area is 124 Å². The van der Waals surface area contributed by atoms with Crippen LogP contribution >= 0.6 is 23.4 Å². The van der Waals surface area contributed by atoms with Crippen LogP contribution in [0.15, 0.2) is 29.2 Å². The number of hydrogen-bond acceptors (Lipinski definition) is 3. The molecule has 1 aromatic carbocycles. The molecule has 0 heterocycles. The molecule has 0 saturated heterocycles. The van der Waals surface area contributed by atoms with E-state index < -0.39 is 0 Å². The smallest absolute Gasteiger partial charge is 0.107 e. The van der Waals surface area contributed by atoms with Crippen molar-refractivity contribution >= 4 is 23.4 Å². The van der Waals surface area contributed by atoms with Crippen LogP contribution in [0.25, 0.3) is 0 Å². The lowest BCUT2D eigenvalue weighted by molar-refractivity contribution is 0.309. The number of hydrogen-bond donors (Lipinski definition) is 1. The summed E-state index contributed by atoms with van der Waals surface area (Å²) in [6, 6.07) is 10.4. The number of rotatable bonds is 4. The van der Waals surface area contributed by atoms with Crippen LogP contribution in [0.4, 0.5) is 0 Å². The molecule has 0 radical (unpaired) electrons. The van der Waals surface area contributed by atoms with E-state index in [1.165, 1.54) is 0 Å². The summed E-state index contributed by atoms with van der Waals surface area (Å²) in [5.41, 5.74) is -0.341. The third-order valence-electron chi connectivity index (χ3n) is 3.57. The molecule has 1 saturated carbocycles. The molecule has 1 aliphatic carbocycles. The van der Waals surface area contributed by atoms with Crippen LogP contribution in [0.2, 0.25) is 5.02 Å². The van der Waals surface area contributed by atoms with E-state index in [0.717, 1.165) is 42.1 Å². The molecular formula is C15H19ClN2S. The summed E-state index contributed by atoms with van der Waals surface area (Å²) < 4.78 is 0. The Bertz CT molecular complexity index is 467. The van der Waals surface area contributed by atoms with Gasteiger partial charge in [0.05, 0.1) is 11.1 Å². The summed E-state index contributed by atoms with van der Waals surface area (Å²) in [4.78, 5) is 1.12. The van der Waals surface area contributed by atoms with E-state index in [1.54, 1.807) is 0 Å². The van der Waals surface area contributed by atoms with Gasteiger partial charge in [-0.2, -0.15) is 5.26 Å². The topological polar surface area (TPSA) is 35.8 Å². The van der Waals surface area contributed by atoms with Crippen LogP contribution in [0.3, 0.4) is 0 Å². The van der Waals surface area contributed by atoms with Gasteiger partial charge in [-0.1, -0.05) is 30.7 Å². The van der Waals surface area contributed by atoms with Crippen molar-refractivity contribution in [2.45, 2.75) is 48.3 Å². The van der Waals surface area contributed by atoms with Crippen molar-refractivity contribution in [1.82, 2.24) is 5.32 Å². The minimum absolute atomic E-state index is 0.341. The third-order valence-corrected chi connectivity index (χ3v) is 5.35. The van der Waals surface area contributed by atoms with Gasteiger partial charge in [0.25, 0.3) is 0 Å². The minimum atomic E-state index is -0.341. The fourth-order valence-corrected chi connectivity index (χ4v) is 4.30. The Balaban J connectivity index is 2.06. The second-order valence-corrected chi connectivity index (χ2v) is 6.74. The molecule has 1 aromatic rings. The summed E-state index contributed by atoms with van der Waals surface area (Å²) in [6.07, 6.45) is 4.11. The molecule has 0 bridgehead atoms. The van der Waals surface area contributed by atoms with Gasteiger partial charge in [0.1, 0.15) is 5.54 Å². The van der Waals surface area contributed by atoms with E-state index in [2.05, 4.69) is 24.4 Å².